The molecule has 1 aromatic heterocycles. The highest BCUT2D eigenvalue weighted by molar-refractivity contribution is 5.92. The minimum Gasteiger partial charge on any atom is -0.439 e. The number of amides is 1. The standard InChI is InChI=1S/C20H19N3O2/c21-20(24)16-5-7-19(22-13-16)25-18-6-4-14-8-10-23(17-2-1-3-17)11-9-15(14)12-18/h1-7,12-13H,8-11H2,(H2,21,24). The maximum absolute atomic E-state index is 11.1. The quantitative estimate of drug-likeness (QED) is 0.934. The van der Waals surface area contributed by atoms with Gasteiger partial charge in [0.15, 0.2) is 0 Å². The van der Waals surface area contributed by atoms with E-state index >= 15 is 0 Å². The van der Waals surface area contributed by atoms with Crippen molar-refractivity contribution in [3.05, 3.63) is 77.1 Å². The summed E-state index contributed by atoms with van der Waals surface area (Å²) >= 11 is 0. The van der Waals surface area contributed by atoms with E-state index in [-0.39, 0.29) is 0 Å². The van der Waals surface area contributed by atoms with Crippen molar-refractivity contribution in [2.75, 3.05) is 13.1 Å². The zero-order valence-electron chi connectivity index (χ0n) is 13.8. The molecule has 0 atom stereocenters. The summed E-state index contributed by atoms with van der Waals surface area (Å²) in [4.78, 5) is 17.6. The number of fused-ring (bicyclic) bond motifs is 1. The Hall–Kier alpha value is -3.08. The average Bonchev–Trinajstić information content (AvgIpc) is 2.77. The van der Waals surface area contributed by atoms with E-state index in [0.717, 1.165) is 31.7 Å². The molecular weight excluding hydrogens is 314 g/mol. The van der Waals surface area contributed by atoms with Gasteiger partial charge in [0.25, 0.3) is 0 Å². The van der Waals surface area contributed by atoms with E-state index < -0.39 is 5.91 Å². The smallest absolute Gasteiger partial charge is 0.250 e. The van der Waals surface area contributed by atoms with Crippen LogP contribution in [-0.4, -0.2) is 28.9 Å². The minimum atomic E-state index is -0.495. The Morgan fingerprint density at radius 1 is 1.12 bits per heavy atom. The van der Waals surface area contributed by atoms with Gasteiger partial charge in [0, 0.05) is 31.0 Å². The van der Waals surface area contributed by atoms with Crippen molar-refractivity contribution in [2.24, 2.45) is 5.73 Å². The number of carbonyl (C=O) groups is 1. The van der Waals surface area contributed by atoms with Crippen LogP contribution in [0.25, 0.3) is 0 Å². The van der Waals surface area contributed by atoms with E-state index in [1.807, 2.05) is 6.07 Å². The Morgan fingerprint density at radius 3 is 2.56 bits per heavy atom. The summed E-state index contributed by atoms with van der Waals surface area (Å²) in [6, 6.07) is 9.47. The lowest BCUT2D eigenvalue weighted by Gasteiger charge is -2.26. The van der Waals surface area contributed by atoms with E-state index in [9.17, 15) is 4.79 Å². The van der Waals surface area contributed by atoms with Gasteiger partial charge in [-0.25, -0.2) is 4.98 Å². The molecule has 4 rings (SSSR count). The fourth-order valence-corrected chi connectivity index (χ4v) is 3.12. The summed E-state index contributed by atoms with van der Waals surface area (Å²) < 4.78 is 5.83. The minimum absolute atomic E-state index is 0.369. The van der Waals surface area contributed by atoms with Gasteiger partial charge in [-0.2, -0.15) is 0 Å². The second-order valence-corrected chi connectivity index (χ2v) is 6.22. The number of benzene rings is 1. The van der Waals surface area contributed by atoms with Crippen LogP contribution in [-0.2, 0) is 12.8 Å². The van der Waals surface area contributed by atoms with Gasteiger partial charge in [0.1, 0.15) is 5.75 Å². The van der Waals surface area contributed by atoms with Gasteiger partial charge < -0.3 is 15.4 Å². The number of allylic oxidation sites excluding steroid dienone is 3. The van der Waals surface area contributed by atoms with Gasteiger partial charge >= 0.3 is 0 Å². The lowest BCUT2D eigenvalue weighted by molar-refractivity contribution is 0.1000. The van der Waals surface area contributed by atoms with Crippen LogP contribution in [0.5, 0.6) is 11.6 Å². The van der Waals surface area contributed by atoms with E-state index in [1.165, 1.54) is 23.0 Å². The topological polar surface area (TPSA) is 68.5 Å². The first-order valence-corrected chi connectivity index (χ1v) is 8.38. The molecular formula is C20H19N3O2. The summed E-state index contributed by atoms with van der Waals surface area (Å²) in [5.41, 5.74) is 9.60. The molecule has 5 heteroatoms. The molecule has 0 spiro atoms. The highest BCUT2D eigenvalue weighted by atomic mass is 16.5. The van der Waals surface area contributed by atoms with Crippen LogP contribution in [0.3, 0.4) is 0 Å². The zero-order chi connectivity index (χ0) is 17.2. The van der Waals surface area contributed by atoms with Crippen LogP contribution in [0.4, 0.5) is 0 Å². The Bertz CT molecular complexity index is 869. The van der Waals surface area contributed by atoms with E-state index in [1.54, 1.807) is 12.1 Å². The molecule has 5 nitrogen and oxygen atoms in total. The molecule has 25 heavy (non-hydrogen) atoms. The third-order valence-corrected chi connectivity index (χ3v) is 4.62. The molecule has 0 bridgehead atoms. The number of nitrogens with two attached hydrogens (primary N) is 1. The number of carbonyl (C=O) groups excluding carboxylic acids is 1. The highest BCUT2D eigenvalue weighted by Crippen LogP contribution is 2.27. The molecule has 0 fully saturated rings. The van der Waals surface area contributed by atoms with Crippen LogP contribution in [0.1, 0.15) is 21.5 Å². The predicted molar refractivity (Wildman–Crippen MR) is 95.5 cm³/mol. The Balaban J connectivity index is 1.48. The third-order valence-electron chi connectivity index (χ3n) is 4.62. The Morgan fingerprint density at radius 2 is 1.92 bits per heavy atom. The first-order valence-electron chi connectivity index (χ1n) is 8.38. The fraction of sp³-hybridized carbons (Fsp3) is 0.200. The maximum atomic E-state index is 11.1. The molecule has 1 aromatic carbocycles. The van der Waals surface area contributed by atoms with Crippen LogP contribution < -0.4 is 10.5 Å². The number of pyridine rings is 1. The van der Waals surface area contributed by atoms with Gasteiger partial charge in [-0.3, -0.25) is 4.79 Å². The molecule has 2 N–H and O–H groups in total. The molecule has 126 valence electrons. The lowest BCUT2D eigenvalue weighted by atomic mass is 10.0. The third kappa shape index (κ3) is 3.26. The largest absolute Gasteiger partial charge is 0.439 e. The van der Waals surface area contributed by atoms with Gasteiger partial charge in [-0.15, -0.1) is 0 Å². The molecule has 1 aliphatic carbocycles. The molecule has 0 unspecified atom stereocenters. The van der Waals surface area contributed by atoms with Gasteiger partial charge in [0.05, 0.1) is 5.56 Å². The predicted octanol–water partition coefficient (Wildman–Crippen LogP) is 2.83. The molecule has 2 aromatic rings. The van der Waals surface area contributed by atoms with Crippen molar-refractivity contribution < 1.29 is 9.53 Å². The van der Waals surface area contributed by atoms with Crippen LogP contribution >= 0.6 is 0 Å². The van der Waals surface area contributed by atoms with Crippen molar-refractivity contribution >= 4 is 5.91 Å². The Kier molecular flexibility index (Phi) is 3.98. The lowest BCUT2D eigenvalue weighted by Crippen LogP contribution is -2.26. The number of primary amides is 1. The van der Waals surface area contributed by atoms with Gasteiger partial charge in [-0.05, 0) is 54.3 Å². The normalized spacial score (nSPS) is 15.7. The number of hydrogen-bond donors (Lipinski definition) is 1. The SMILES string of the molecule is NC(=O)c1ccc(Oc2ccc3c(c2)CCN(C2=CC=C2)CC3)nc1. The molecule has 1 aliphatic heterocycles. The fourth-order valence-electron chi connectivity index (χ4n) is 3.12. The molecule has 0 saturated carbocycles. The van der Waals surface area contributed by atoms with Gasteiger partial charge in [-0.1, -0.05) is 12.1 Å². The van der Waals surface area contributed by atoms with Crippen molar-refractivity contribution in [3.63, 3.8) is 0 Å². The Labute approximate surface area is 146 Å². The second kappa shape index (κ2) is 6.43. The zero-order valence-corrected chi connectivity index (χ0v) is 13.8. The average molecular weight is 333 g/mol. The van der Waals surface area contributed by atoms with Gasteiger partial charge in [0.2, 0.25) is 11.8 Å². The van der Waals surface area contributed by atoms with Crippen LogP contribution in [0.2, 0.25) is 0 Å². The second-order valence-electron chi connectivity index (χ2n) is 6.22. The van der Waals surface area contributed by atoms with Crippen molar-refractivity contribution in [2.45, 2.75) is 12.8 Å². The number of rotatable bonds is 4. The molecule has 1 amide bonds. The summed E-state index contributed by atoms with van der Waals surface area (Å²) in [6.45, 7) is 2.05. The summed E-state index contributed by atoms with van der Waals surface area (Å²) in [5, 5.41) is 0. The van der Waals surface area contributed by atoms with Crippen LogP contribution in [0, 0.1) is 0 Å². The monoisotopic (exact) mass is 333 g/mol. The number of hydrogen-bond acceptors (Lipinski definition) is 4. The summed E-state index contributed by atoms with van der Waals surface area (Å²) in [5.74, 6) is 0.712. The molecule has 0 radical (unpaired) electrons. The van der Waals surface area contributed by atoms with E-state index in [0.29, 0.717) is 11.4 Å². The molecule has 0 saturated heterocycles. The van der Waals surface area contributed by atoms with Crippen molar-refractivity contribution in [3.8, 4) is 11.6 Å². The molecule has 2 heterocycles. The summed E-state index contributed by atoms with van der Waals surface area (Å²) in [6.07, 6.45) is 9.85. The number of aromatic nitrogens is 1. The van der Waals surface area contributed by atoms with Crippen molar-refractivity contribution in [1.29, 1.82) is 0 Å². The first kappa shape index (κ1) is 15.4. The number of nitrogens with zero attached hydrogens (tertiary/aromatic N) is 2. The maximum Gasteiger partial charge on any atom is 0.250 e. The first-order chi connectivity index (χ1) is 12.2. The van der Waals surface area contributed by atoms with E-state index in [4.69, 9.17) is 10.5 Å². The van der Waals surface area contributed by atoms with E-state index in [2.05, 4.69) is 40.2 Å². The highest BCUT2D eigenvalue weighted by Gasteiger charge is 2.17. The van der Waals surface area contributed by atoms with Crippen LogP contribution in [0.15, 0.2) is 60.5 Å². The number of ether oxygens (including phenoxy) is 1. The van der Waals surface area contributed by atoms with Crippen molar-refractivity contribution in [1.82, 2.24) is 9.88 Å². The summed E-state index contributed by atoms with van der Waals surface area (Å²) in [7, 11) is 0. The molecule has 2 aliphatic rings.